The zero-order chi connectivity index (χ0) is 19.9. The summed E-state index contributed by atoms with van der Waals surface area (Å²) in [6, 6.07) is 8.89. The molecule has 8 heteroatoms. The Bertz CT molecular complexity index is 796. The minimum atomic E-state index is -0.607. The standard InChI is InChI=1S/C21H25FN4O2.ClH/c22-17-7-1-14(2-8-17)13-25-21(28)19(23)15-3-5-16(6-4-15)20(27)26-18-9-11-24-12-10-18;/h1-2,7-12,15-16,19H,3-6,13,23H2,(H,25,28)(H,24,26,27);1H. The molecule has 2 amide bonds. The third kappa shape index (κ3) is 6.51. The second-order valence-corrected chi connectivity index (χ2v) is 7.21. The summed E-state index contributed by atoms with van der Waals surface area (Å²) >= 11 is 0. The van der Waals surface area contributed by atoms with E-state index in [9.17, 15) is 14.0 Å². The molecule has 6 nitrogen and oxygen atoms in total. The van der Waals surface area contributed by atoms with Crippen molar-refractivity contribution >= 4 is 29.9 Å². The van der Waals surface area contributed by atoms with Crippen LogP contribution in [0, 0.1) is 17.7 Å². The highest BCUT2D eigenvalue weighted by Crippen LogP contribution is 2.31. The molecule has 1 atom stereocenters. The fourth-order valence-corrected chi connectivity index (χ4v) is 3.54. The van der Waals surface area contributed by atoms with E-state index in [1.54, 1.807) is 36.7 Å². The molecule has 2 aromatic rings. The lowest BCUT2D eigenvalue weighted by Gasteiger charge is -2.31. The Labute approximate surface area is 175 Å². The Kier molecular flexibility index (Phi) is 8.54. The number of nitrogens with two attached hydrogens (primary N) is 1. The van der Waals surface area contributed by atoms with Crippen LogP contribution in [0.25, 0.3) is 0 Å². The van der Waals surface area contributed by atoms with Crippen LogP contribution in [0.15, 0.2) is 48.8 Å². The lowest BCUT2D eigenvalue weighted by Crippen LogP contribution is -2.46. The van der Waals surface area contributed by atoms with E-state index in [0.717, 1.165) is 24.1 Å². The van der Waals surface area contributed by atoms with Crippen LogP contribution in [0.5, 0.6) is 0 Å². The molecule has 156 valence electrons. The predicted octanol–water partition coefficient (Wildman–Crippen LogP) is 3.03. The van der Waals surface area contributed by atoms with E-state index in [4.69, 9.17) is 5.73 Å². The van der Waals surface area contributed by atoms with Crippen molar-refractivity contribution < 1.29 is 14.0 Å². The zero-order valence-corrected chi connectivity index (χ0v) is 16.8. The van der Waals surface area contributed by atoms with E-state index in [1.165, 1.54) is 12.1 Å². The van der Waals surface area contributed by atoms with E-state index < -0.39 is 6.04 Å². The van der Waals surface area contributed by atoms with Crippen LogP contribution in [-0.4, -0.2) is 22.8 Å². The number of aromatic nitrogens is 1. The van der Waals surface area contributed by atoms with Crippen LogP contribution >= 0.6 is 12.4 Å². The summed E-state index contributed by atoms with van der Waals surface area (Å²) in [5.74, 6) is -0.540. The smallest absolute Gasteiger partial charge is 0.237 e. The number of halogens is 2. The molecule has 1 aliphatic carbocycles. The number of rotatable bonds is 6. The first-order valence-electron chi connectivity index (χ1n) is 9.51. The van der Waals surface area contributed by atoms with Crippen molar-refractivity contribution in [1.82, 2.24) is 10.3 Å². The Balaban J connectivity index is 0.00000300. The highest BCUT2D eigenvalue weighted by molar-refractivity contribution is 5.92. The number of pyridine rings is 1. The molecule has 1 fully saturated rings. The summed E-state index contributed by atoms with van der Waals surface area (Å²) in [6.45, 7) is 0.316. The van der Waals surface area contributed by atoms with Gasteiger partial charge in [-0.1, -0.05) is 12.1 Å². The molecular formula is C21H26ClFN4O2. The number of hydrogen-bond donors (Lipinski definition) is 3. The summed E-state index contributed by atoms with van der Waals surface area (Å²) < 4.78 is 12.9. The number of nitrogens with one attached hydrogen (secondary N) is 2. The van der Waals surface area contributed by atoms with Gasteiger partial charge >= 0.3 is 0 Å². The third-order valence-corrected chi connectivity index (χ3v) is 5.28. The molecule has 1 aliphatic rings. The second-order valence-electron chi connectivity index (χ2n) is 7.21. The number of nitrogens with zero attached hydrogens (tertiary/aromatic N) is 1. The molecule has 3 rings (SSSR count). The van der Waals surface area contributed by atoms with Gasteiger partial charge in [0.15, 0.2) is 0 Å². The third-order valence-electron chi connectivity index (χ3n) is 5.28. The number of carbonyl (C=O) groups excluding carboxylic acids is 2. The molecule has 1 saturated carbocycles. The van der Waals surface area contributed by atoms with Gasteiger partial charge in [0.1, 0.15) is 5.82 Å². The van der Waals surface area contributed by atoms with E-state index >= 15 is 0 Å². The largest absolute Gasteiger partial charge is 0.351 e. The summed E-state index contributed by atoms with van der Waals surface area (Å²) in [5, 5.41) is 5.72. The van der Waals surface area contributed by atoms with Gasteiger partial charge in [0.25, 0.3) is 0 Å². The topological polar surface area (TPSA) is 97.1 Å². The highest BCUT2D eigenvalue weighted by Gasteiger charge is 2.32. The van der Waals surface area contributed by atoms with E-state index in [0.29, 0.717) is 19.4 Å². The Morgan fingerprint density at radius 1 is 1.07 bits per heavy atom. The molecule has 0 bridgehead atoms. The summed E-state index contributed by atoms with van der Waals surface area (Å²) in [6.07, 6.45) is 6.16. The van der Waals surface area contributed by atoms with Crippen LogP contribution < -0.4 is 16.4 Å². The number of anilines is 1. The maximum absolute atomic E-state index is 12.9. The van der Waals surface area contributed by atoms with Crippen molar-refractivity contribution in [2.24, 2.45) is 17.6 Å². The lowest BCUT2D eigenvalue weighted by atomic mass is 9.78. The van der Waals surface area contributed by atoms with Crippen LogP contribution in [0.2, 0.25) is 0 Å². The minimum absolute atomic E-state index is 0. The van der Waals surface area contributed by atoms with Crippen LogP contribution in [-0.2, 0) is 16.1 Å². The molecule has 1 unspecified atom stereocenters. The molecule has 29 heavy (non-hydrogen) atoms. The van der Waals surface area contributed by atoms with Gasteiger partial charge in [-0.05, 0) is 61.4 Å². The van der Waals surface area contributed by atoms with E-state index in [2.05, 4.69) is 15.6 Å². The summed E-state index contributed by atoms with van der Waals surface area (Å²) in [4.78, 5) is 28.7. The van der Waals surface area contributed by atoms with E-state index in [1.807, 2.05) is 0 Å². The molecule has 0 spiro atoms. The van der Waals surface area contributed by atoms with Gasteiger partial charge in [0, 0.05) is 30.5 Å². The highest BCUT2D eigenvalue weighted by atomic mass is 35.5. The first-order chi connectivity index (χ1) is 13.5. The van der Waals surface area contributed by atoms with Crippen molar-refractivity contribution in [2.45, 2.75) is 38.3 Å². The minimum Gasteiger partial charge on any atom is -0.351 e. The van der Waals surface area contributed by atoms with E-state index in [-0.39, 0.29) is 41.9 Å². The zero-order valence-electron chi connectivity index (χ0n) is 16.0. The van der Waals surface area contributed by atoms with Crippen LogP contribution in [0.4, 0.5) is 10.1 Å². The molecule has 4 N–H and O–H groups in total. The van der Waals surface area contributed by atoms with Crippen molar-refractivity contribution in [3.8, 4) is 0 Å². The maximum Gasteiger partial charge on any atom is 0.237 e. The Hall–Kier alpha value is -2.51. The van der Waals surface area contributed by atoms with Gasteiger partial charge in [-0.15, -0.1) is 12.4 Å². The number of carbonyl (C=O) groups is 2. The van der Waals surface area contributed by atoms with Gasteiger partial charge < -0.3 is 16.4 Å². The first-order valence-corrected chi connectivity index (χ1v) is 9.51. The van der Waals surface area contributed by atoms with Crippen molar-refractivity contribution in [2.75, 3.05) is 5.32 Å². The second kappa shape index (κ2) is 10.9. The van der Waals surface area contributed by atoms with Gasteiger partial charge in [0.2, 0.25) is 11.8 Å². The van der Waals surface area contributed by atoms with Gasteiger partial charge in [0.05, 0.1) is 6.04 Å². The molecule has 0 aliphatic heterocycles. The number of benzene rings is 1. The maximum atomic E-state index is 12.9. The monoisotopic (exact) mass is 420 g/mol. The molecule has 0 saturated heterocycles. The average Bonchev–Trinajstić information content (AvgIpc) is 2.73. The predicted molar refractivity (Wildman–Crippen MR) is 112 cm³/mol. The van der Waals surface area contributed by atoms with Crippen molar-refractivity contribution in [3.63, 3.8) is 0 Å². The fourth-order valence-electron chi connectivity index (χ4n) is 3.54. The molecule has 1 aromatic heterocycles. The Morgan fingerprint density at radius 3 is 2.31 bits per heavy atom. The molecule has 1 heterocycles. The summed E-state index contributed by atoms with van der Waals surface area (Å²) in [7, 11) is 0. The SMILES string of the molecule is Cl.NC(C(=O)NCc1ccc(F)cc1)C1CCC(C(=O)Nc2ccncc2)CC1. The molecule has 0 radical (unpaired) electrons. The first kappa shape index (κ1) is 22.8. The van der Waals surface area contributed by atoms with Crippen LogP contribution in [0.3, 0.4) is 0 Å². The van der Waals surface area contributed by atoms with Gasteiger partial charge in [-0.25, -0.2) is 4.39 Å². The van der Waals surface area contributed by atoms with Crippen LogP contribution in [0.1, 0.15) is 31.2 Å². The molecule has 1 aromatic carbocycles. The fraction of sp³-hybridized carbons (Fsp3) is 0.381. The lowest BCUT2D eigenvalue weighted by molar-refractivity contribution is -0.124. The normalized spacial score (nSPS) is 19.5. The summed E-state index contributed by atoms with van der Waals surface area (Å²) in [5.41, 5.74) is 7.70. The van der Waals surface area contributed by atoms with Gasteiger partial charge in [-0.2, -0.15) is 0 Å². The van der Waals surface area contributed by atoms with Crippen molar-refractivity contribution in [3.05, 3.63) is 60.2 Å². The quantitative estimate of drug-likeness (QED) is 0.669. The number of amides is 2. The molecular weight excluding hydrogens is 395 g/mol. The average molecular weight is 421 g/mol. The Morgan fingerprint density at radius 2 is 1.69 bits per heavy atom. The van der Waals surface area contributed by atoms with Gasteiger partial charge in [-0.3, -0.25) is 14.6 Å². The van der Waals surface area contributed by atoms with Crippen molar-refractivity contribution in [1.29, 1.82) is 0 Å². The number of hydrogen-bond acceptors (Lipinski definition) is 4.